The summed E-state index contributed by atoms with van der Waals surface area (Å²) < 4.78 is 8.77. The summed E-state index contributed by atoms with van der Waals surface area (Å²) in [5.41, 5.74) is 2.15. The third-order valence-corrected chi connectivity index (χ3v) is 7.03. The van der Waals surface area contributed by atoms with Crippen LogP contribution in [0.3, 0.4) is 0 Å². The van der Waals surface area contributed by atoms with Crippen molar-refractivity contribution in [1.29, 1.82) is 0 Å². The number of ether oxygens (including phenoxy) is 1. The molecule has 0 spiro atoms. The summed E-state index contributed by atoms with van der Waals surface area (Å²) in [5, 5.41) is 0. The average Bonchev–Trinajstić information content (AvgIpc) is 3.30. The fourth-order valence-electron chi connectivity index (χ4n) is 5.55. The number of para-hydroxylation sites is 1. The zero-order valence-electron chi connectivity index (χ0n) is 17.9. The van der Waals surface area contributed by atoms with Gasteiger partial charge in [-0.3, -0.25) is 14.3 Å². The second-order valence-corrected chi connectivity index (χ2v) is 8.67. The van der Waals surface area contributed by atoms with Crippen LogP contribution in [0.25, 0.3) is 5.69 Å². The molecule has 4 heterocycles. The van der Waals surface area contributed by atoms with Gasteiger partial charge in [0.2, 0.25) is 0 Å². The van der Waals surface area contributed by atoms with Crippen LogP contribution in [-0.2, 0) is 11.3 Å². The van der Waals surface area contributed by atoms with E-state index in [0.717, 1.165) is 37.4 Å². The molecule has 0 radical (unpaired) electrons. The number of rotatable bonds is 3. The van der Waals surface area contributed by atoms with Gasteiger partial charge in [0.1, 0.15) is 5.82 Å². The molecule has 7 nitrogen and oxygen atoms in total. The zero-order chi connectivity index (χ0) is 21.7. The molecule has 3 aliphatic heterocycles. The normalized spacial score (nSPS) is 22.7. The van der Waals surface area contributed by atoms with Crippen LogP contribution in [0, 0.1) is 0 Å². The summed E-state index contributed by atoms with van der Waals surface area (Å²) in [5.74, 6) is 0.809. The summed E-state index contributed by atoms with van der Waals surface area (Å²) in [7, 11) is 0. The highest BCUT2D eigenvalue weighted by Gasteiger charge is 2.43. The molecule has 2 atom stereocenters. The topological polar surface area (TPSA) is 59.7 Å². The van der Waals surface area contributed by atoms with Crippen molar-refractivity contribution in [3.05, 3.63) is 92.6 Å². The van der Waals surface area contributed by atoms with E-state index in [9.17, 15) is 9.59 Å². The van der Waals surface area contributed by atoms with Gasteiger partial charge in [-0.05, 0) is 24.1 Å². The Labute approximate surface area is 186 Å². The molecule has 6 rings (SSSR count). The lowest BCUT2D eigenvalue weighted by molar-refractivity contribution is 0.0110. The Bertz CT molecular complexity index is 1250. The van der Waals surface area contributed by atoms with Gasteiger partial charge in [-0.1, -0.05) is 48.5 Å². The highest BCUT2D eigenvalue weighted by molar-refractivity contribution is 5.57. The monoisotopic (exact) mass is 430 g/mol. The highest BCUT2D eigenvalue weighted by atomic mass is 16.5. The predicted octanol–water partition coefficient (Wildman–Crippen LogP) is 2.34. The van der Waals surface area contributed by atoms with E-state index in [1.54, 1.807) is 0 Å². The summed E-state index contributed by atoms with van der Waals surface area (Å²) >= 11 is 0. The number of morpholine rings is 1. The van der Waals surface area contributed by atoms with E-state index in [4.69, 9.17) is 4.74 Å². The molecule has 0 amide bonds. The van der Waals surface area contributed by atoms with Crippen molar-refractivity contribution in [2.45, 2.75) is 25.0 Å². The van der Waals surface area contributed by atoms with Crippen LogP contribution in [-0.4, -0.2) is 46.9 Å². The minimum absolute atomic E-state index is 0.0530. The molecule has 0 unspecified atom stereocenters. The van der Waals surface area contributed by atoms with E-state index in [1.165, 1.54) is 10.1 Å². The molecule has 0 N–H and O–H groups in total. The van der Waals surface area contributed by atoms with E-state index < -0.39 is 0 Å². The first kappa shape index (κ1) is 19.5. The lowest BCUT2D eigenvalue weighted by atomic mass is 9.89. The van der Waals surface area contributed by atoms with Gasteiger partial charge in [0, 0.05) is 32.2 Å². The lowest BCUT2D eigenvalue weighted by Crippen LogP contribution is -2.49. The number of hydrogen-bond acceptors (Lipinski definition) is 5. The molecule has 3 aromatic rings. The van der Waals surface area contributed by atoms with Crippen LogP contribution in [0.5, 0.6) is 0 Å². The van der Waals surface area contributed by atoms with Gasteiger partial charge in [0.25, 0.3) is 5.56 Å². The molecule has 3 aliphatic rings. The van der Waals surface area contributed by atoms with Crippen molar-refractivity contribution in [3.8, 4) is 5.69 Å². The third kappa shape index (κ3) is 2.96. The van der Waals surface area contributed by atoms with Gasteiger partial charge in [-0.15, -0.1) is 0 Å². The first-order valence-corrected chi connectivity index (χ1v) is 11.3. The maximum atomic E-state index is 13.9. The Morgan fingerprint density at radius 1 is 0.781 bits per heavy atom. The molecule has 32 heavy (non-hydrogen) atoms. The smallest absolute Gasteiger partial charge is 0.337 e. The van der Waals surface area contributed by atoms with Crippen LogP contribution in [0.2, 0.25) is 0 Å². The summed E-state index contributed by atoms with van der Waals surface area (Å²) in [6, 6.07) is 19.8. The molecule has 0 saturated carbocycles. The number of nitrogens with zero attached hydrogens (tertiary/aromatic N) is 4. The van der Waals surface area contributed by atoms with E-state index in [1.807, 2.05) is 41.0 Å². The van der Waals surface area contributed by atoms with Crippen LogP contribution in [0.15, 0.2) is 70.3 Å². The Balaban J connectivity index is 1.59. The molecular formula is C25H26N4O3. The lowest BCUT2D eigenvalue weighted by Gasteiger charge is -2.44. The molecule has 7 heteroatoms. The van der Waals surface area contributed by atoms with Gasteiger partial charge in [0.15, 0.2) is 0 Å². The maximum absolute atomic E-state index is 13.9. The number of anilines is 1. The van der Waals surface area contributed by atoms with Gasteiger partial charge in [-0.25, -0.2) is 9.36 Å². The van der Waals surface area contributed by atoms with Crippen LogP contribution in [0.4, 0.5) is 5.82 Å². The van der Waals surface area contributed by atoms with Crippen LogP contribution >= 0.6 is 0 Å². The minimum atomic E-state index is -0.253. The fourth-order valence-corrected chi connectivity index (χ4v) is 5.55. The predicted molar refractivity (Wildman–Crippen MR) is 123 cm³/mol. The van der Waals surface area contributed by atoms with Crippen molar-refractivity contribution in [2.24, 2.45) is 0 Å². The van der Waals surface area contributed by atoms with E-state index in [2.05, 4.69) is 34.1 Å². The van der Waals surface area contributed by atoms with Crippen molar-refractivity contribution < 1.29 is 4.74 Å². The molecule has 2 aromatic carbocycles. The average molecular weight is 431 g/mol. The standard InChI is InChI=1S/C25H26N4O3/c30-24-22-21(26-13-15-32-16-14-26)17-20(18-7-3-1-4-8-18)27-11-12-28(23(22)27)25(31)29(24)19-9-5-2-6-10-19/h1-10,20-21H,11-17H2/t20-,21+/m0/s1. The number of benzene rings is 2. The van der Waals surface area contributed by atoms with Crippen molar-refractivity contribution in [1.82, 2.24) is 14.0 Å². The van der Waals surface area contributed by atoms with E-state index in [0.29, 0.717) is 25.4 Å². The Morgan fingerprint density at radius 3 is 2.19 bits per heavy atom. The van der Waals surface area contributed by atoms with Crippen molar-refractivity contribution in [3.63, 3.8) is 0 Å². The molecular weight excluding hydrogens is 404 g/mol. The van der Waals surface area contributed by atoms with Crippen LogP contribution < -0.4 is 16.1 Å². The van der Waals surface area contributed by atoms with Gasteiger partial charge in [0.05, 0.1) is 30.5 Å². The third-order valence-electron chi connectivity index (χ3n) is 7.03. The Morgan fingerprint density at radius 2 is 1.47 bits per heavy atom. The van der Waals surface area contributed by atoms with Crippen molar-refractivity contribution >= 4 is 5.82 Å². The molecule has 0 bridgehead atoms. The number of hydrogen-bond donors (Lipinski definition) is 0. The van der Waals surface area contributed by atoms with Gasteiger partial charge < -0.3 is 9.64 Å². The molecule has 164 valence electrons. The molecule has 1 aromatic heterocycles. The highest BCUT2D eigenvalue weighted by Crippen LogP contribution is 2.46. The summed E-state index contributed by atoms with van der Waals surface area (Å²) in [4.78, 5) is 32.1. The summed E-state index contributed by atoms with van der Waals surface area (Å²) in [6.07, 6.45) is 0.819. The van der Waals surface area contributed by atoms with Crippen molar-refractivity contribution in [2.75, 3.05) is 37.7 Å². The minimum Gasteiger partial charge on any atom is -0.379 e. The number of aromatic nitrogens is 2. The second kappa shape index (κ2) is 7.76. The fraction of sp³-hybridized carbons (Fsp3) is 0.360. The summed E-state index contributed by atoms with van der Waals surface area (Å²) in [6.45, 7) is 4.23. The maximum Gasteiger partial charge on any atom is 0.337 e. The Hall–Kier alpha value is -3.16. The molecule has 1 fully saturated rings. The molecule has 1 saturated heterocycles. The first-order chi connectivity index (χ1) is 15.7. The largest absolute Gasteiger partial charge is 0.379 e. The van der Waals surface area contributed by atoms with Crippen LogP contribution in [0.1, 0.15) is 29.6 Å². The zero-order valence-corrected chi connectivity index (χ0v) is 17.9. The SMILES string of the molecule is O=c1c2c3n(c(=O)n1-c1ccccc1)CCN3[C@H](c1ccccc1)C[C@H]2N1CCOCC1. The second-order valence-electron chi connectivity index (χ2n) is 8.67. The van der Waals surface area contributed by atoms with Gasteiger partial charge in [-0.2, -0.15) is 0 Å². The quantitative estimate of drug-likeness (QED) is 0.638. The van der Waals surface area contributed by atoms with E-state index in [-0.39, 0.29) is 23.3 Å². The molecule has 0 aliphatic carbocycles. The van der Waals surface area contributed by atoms with Gasteiger partial charge >= 0.3 is 5.69 Å². The van der Waals surface area contributed by atoms with E-state index >= 15 is 0 Å². The Kier molecular flexibility index (Phi) is 4.73. The first-order valence-electron chi connectivity index (χ1n) is 11.3.